The molecular weight excluding hydrogens is 294 g/mol. The van der Waals surface area contributed by atoms with Crippen molar-refractivity contribution in [2.24, 2.45) is 0 Å². The molecule has 0 aromatic carbocycles. The Balaban J connectivity index is 2.40. The molecule has 4 N–H and O–H groups in total. The van der Waals surface area contributed by atoms with Gasteiger partial charge in [-0.2, -0.15) is 0 Å². The molecule has 19 heavy (non-hydrogen) atoms. The van der Waals surface area contributed by atoms with Crippen LogP contribution in [-0.4, -0.2) is 77.5 Å². The maximum atomic E-state index is 11.6. The Labute approximate surface area is 116 Å². The number of hydrogen-bond donors (Lipinski definition) is 4. The molecule has 1 aliphatic heterocycles. The number of rotatable bonds is 7. The number of carbonyl (C=O) groups is 1. The van der Waals surface area contributed by atoms with Gasteiger partial charge in [0.15, 0.2) is 9.84 Å². The Morgan fingerprint density at radius 1 is 1.26 bits per heavy atom. The minimum Gasteiger partial charge on any atom is -0.394 e. The van der Waals surface area contributed by atoms with Gasteiger partial charge in [-0.05, 0) is 6.42 Å². The molecule has 112 valence electrons. The van der Waals surface area contributed by atoms with Gasteiger partial charge in [0.1, 0.15) is 5.54 Å². The van der Waals surface area contributed by atoms with Crippen LogP contribution in [0.2, 0.25) is 0 Å². The number of aliphatic hydroxyl groups excluding tert-OH is 3. The average Bonchev–Trinajstić information content (AvgIpc) is 2.73. The maximum absolute atomic E-state index is 11.6. The Morgan fingerprint density at radius 2 is 1.84 bits per heavy atom. The number of carbonyl (C=O) groups excluding carboxylic acids is 1. The number of aliphatic hydroxyl groups is 3. The summed E-state index contributed by atoms with van der Waals surface area (Å²) in [5.41, 5.74) is -1.43. The van der Waals surface area contributed by atoms with Crippen LogP contribution in [0.4, 0.5) is 0 Å². The summed E-state index contributed by atoms with van der Waals surface area (Å²) < 4.78 is 22.5. The minimum absolute atomic E-state index is 0.0297. The second-order valence-electron chi connectivity index (χ2n) is 4.64. The van der Waals surface area contributed by atoms with Crippen molar-refractivity contribution in [1.82, 2.24) is 5.32 Å². The molecule has 1 unspecified atom stereocenters. The number of nitrogens with one attached hydrogen (secondary N) is 1. The number of hydrogen-bond acceptors (Lipinski definition) is 7. The first-order valence-electron chi connectivity index (χ1n) is 5.82. The fraction of sp³-hybridized carbons (Fsp3) is 0.900. The van der Waals surface area contributed by atoms with E-state index < -0.39 is 41.1 Å². The van der Waals surface area contributed by atoms with Crippen LogP contribution in [0.25, 0.3) is 0 Å². The van der Waals surface area contributed by atoms with Crippen molar-refractivity contribution in [2.45, 2.75) is 17.2 Å². The van der Waals surface area contributed by atoms with Crippen LogP contribution >= 0.6 is 11.8 Å². The van der Waals surface area contributed by atoms with E-state index in [2.05, 4.69) is 5.32 Å². The molecule has 1 rings (SSSR count). The molecule has 0 aliphatic carbocycles. The first-order chi connectivity index (χ1) is 8.86. The zero-order valence-corrected chi connectivity index (χ0v) is 12.0. The lowest BCUT2D eigenvalue weighted by Crippen LogP contribution is -2.57. The van der Waals surface area contributed by atoms with Crippen molar-refractivity contribution in [3.8, 4) is 0 Å². The van der Waals surface area contributed by atoms with E-state index in [4.69, 9.17) is 15.3 Å². The number of sulfone groups is 1. The third-order valence-corrected chi connectivity index (χ3v) is 6.23. The predicted molar refractivity (Wildman–Crippen MR) is 71.6 cm³/mol. The lowest BCUT2D eigenvalue weighted by molar-refractivity contribution is -0.122. The van der Waals surface area contributed by atoms with Gasteiger partial charge >= 0.3 is 0 Å². The van der Waals surface area contributed by atoms with E-state index in [0.717, 1.165) is 0 Å². The fourth-order valence-electron chi connectivity index (χ4n) is 1.69. The lowest BCUT2D eigenvalue weighted by Gasteiger charge is -2.28. The van der Waals surface area contributed by atoms with Crippen LogP contribution in [0.3, 0.4) is 0 Å². The first-order valence-corrected chi connectivity index (χ1v) is 8.69. The first kappa shape index (κ1) is 16.7. The molecule has 0 aromatic heterocycles. The predicted octanol–water partition coefficient (Wildman–Crippen LogP) is -2.26. The van der Waals surface area contributed by atoms with E-state index in [9.17, 15) is 13.2 Å². The zero-order chi connectivity index (χ0) is 14.5. The van der Waals surface area contributed by atoms with Gasteiger partial charge in [-0.3, -0.25) is 4.79 Å². The molecule has 0 bridgehead atoms. The molecule has 1 saturated heterocycles. The SMILES string of the molecule is O=C(CSC1CCS(=O)(=O)C1)NC(CO)(CO)CO. The Hall–Kier alpha value is -0.350. The molecule has 1 aliphatic rings. The molecule has 1 heterocycles. The summed E-state index contributed by atoms with van der Waals surface area (Å²) in [5.74, 6) is -0.190. The summed E-state index contributed by atoms with van der Waals surface area (Å²) in [5, 5.41) is 29.4. The van der Waals surface area contributed by atoms with E-state index in [0.29, 0.717) is 6.42 Å². The van der Waals surface area contributed by atoms with E-state index in [-0.39, 0.29) is 22.5 Å². The summed E-state index contributed by atoms with van der Waals surface area (Å²) in [7, 11) is -2.97. The molecule has 0 radical (unpaired) electrons. The lowest BCUT2D eigenvalue weighted by atomic mass is 10.0. The van der Waals surface area contributed by atoms with E-state index in [1.165, 1.54) is 11.8 Å². The van der Waals surface area contributed by atoms with Crippen molar-refractivity contribution in [3.05, 3.63) is 0 Å². The number of amides is 1. The van der Waals surface area contributed by atoms with Gasteiger partial charge in [-0.1, -0.05) is 0 Å². The van der Waals surface area contributed by atoms with Gasteiger partial charge < -0.3 is 20.6 Å². The van der Waals surface area contributed by atoms with Crippen LogP contribution in [0.5, 0.6) is 0 Å². The third-order valence-electron chi connectivity index (χ3n) is 2.95. The summed E-state index contributed by atoms with van der Waals surface area (Å²) in [4.78, 5) is 11.6. The van der Waals surface area contributed by atoms with Crippen molar-refractivity contribution in [2.75, 3.05) is 37.1 Å². The summed E-state index contributed by atoms with van der Waals surface area (Å²) in [6.07, 6.45) is 0.533. The van der Waals surface area contributed by atoms with Crippen LogP contribution in [0.15, 0.2) is 0 Å². The van der Waals surface area contributed by atoms with Crippen LogP contribution in [-0.2, 0) is 14.6 Å². The van der Waals surface area contributed by atoms with Gasteiger partial charge in [0.25, 0.3) is 0 Å². The molecule has 1 amide bonds. The van der Waals surface area contributed by atoms with Gasteiger partial charge in [-0.25, -0.2) is 8.42 Å². The van der Waals surface area contributed by atoms with E-state index in [1.54, 1.807) is 0 Å². The molecule has 7 nitrogen and oxygen atoms in total. The molecule has 1 fully saturated rings. The highest BCUT2D eigenvalue weighted by Gasteiger charge is 2.32. The topological polar surface area (TPSA) is 124 Å². The van der Waals surface area contributed by atoms with Crippen molar-refractivity contribution in [3.63, 3.8) is 0 Å². The highest BCUT2D eigenvalue weighted by Crippen LogP contribution is 2.24. The van der Waals surface area contributed by atoms with Gasteiger partial charge in [-0.15, -0.1) is 11.8 Å². The average molecular weight is 313 g/mol. The second kappa shape index (κ2) is 6.89. The highest BCUT2D eigenvalue weighted by molar-refractivity contribution is 8.02. The van der Waals surface area contributed by atoms with Gasteiger partial charge in [0, 0.05) is 5.25 Å². The van der Waals surface area contributed by atoms with Crippen molar-refractivity contribution in [1.29, 1.82) is 0 Å². The van der Waals surface area contributed by atoms with Crippen molar-refractivity contribution >= 4 is 27.5 Å². The Kier molecular flexibility index (Phi) is 6.06. The molecule has 9 heteroatoms. The van der Waals surface area contributed by atoms with E-state index >= 15 is 0 Å². The highest BCUT2D eigenvalue weighted by atomic mass is 32.2. The van der Waals surface area contributed by atoms with Gasteiger partial charge in [0.05, 0.1) is 37.1 Å². The fourth-order valence-corrected chi connectivity index (χ4v) is 5.13. The van der Waals surface area contributed by atoms with Crippen molar-refractivity contribution < 1.29 is 28.5 Å². The molecule has 0 spiro atoms. The Bertz CT molecular complexity index is 398. The van der Waals surface area contributed by atoms with Crippen LogP contribution < -0.4 is 5.32 Å². The van der Waals surface area contributed by atoms with Crippen LogP contribution in [0, 0.1) is 0 Å². The number of thioether (sulfide) groups is 1. The minimum atomic E-state index is -2.97. The zero-order valence-electron chi connectivity index (χ0n) is 10.4. The summed E-state index contributed by atoms with van der Waals surface area (Å²) >= 11 is 1.23. The standard InChI is InChI=1S/C10H19NO6S2/c12-5-10(6-13,7-14)11-9(15)3-18-8-1-2-19(16,17)4-8/h8,12-14H,1-7H2,(H,11,15). The second-order valence-corrected chi connectivity index (χ2v) is 8.16. The van der Waals surface area contributed by atoms with Gasteiger partial charge in [0.2, 0.25) is 5.91 Å². The largest absolute Gasteiger partial charge is 0.394 e. The smallest absolute Gasteiger partial charge is 0.230 e. The quantitative estimate of drug-likeness (QED) is 0.418. The molecule has 0 saturated carbocycles. The van der Waals surface area contributed by atoms with Crippen LogP contribution in [0.1, 0.15) is 6.42 Å². The Morgan fingerprint density at radius 3 is 2.26 bits per heavy atom. The third kappa shape index (κ3) is 4.92. The molecule has 0 aromatic rings. The molecular formula is C10H19NO6S2. The summed E-state index contributed by atoms with van der Waals surface area (Å²) in [6, 6.07) is 0. The monoisotopic (exact) mass is 313 g/mol. The summed E-state index contributed by atoms with van der Waals surface area (Å²) in [6.45, 7) is -1.73. The normalized spacial score (nSPS) is 22.4. The van der Waals surface area contributed by atoms with E-state index in [1.807, 2.05) is 0 Å². The maximum Gasteiger partial charge on any atom is 0.230 e. The molecule has 1 atom stereocenters.